The summed E-state index contributed by atoms with van der Waals surface area (Å²) in [4.78, 5) is 33.3. The molecule has 2 N–H and O–H groups in total. The van der Waals surface area contributed by atoms with Crippen molar-refractivity contribution >= 4 is 11.9 Å². The van der Waals surface area contributed by atoms with Gasteiger partial charge in [-0.1, -0.05) is 114 Å². The summed E-state index contributed by atoms with van der Waals surface area (Å²) < 4.78 is 6.28. The molecule has 1 heterocycles. The first-order valence-electron chi connectivity index (χ1n) is 19.3. The molecule has 52 heavy (non-hydrogen) atoms. The van der Waals surface area contributed by atoms with Crippen molar-refractivity contribution in [2.45, 2.75) is 195 Å². The lowest BCUT2D eigenvalue weighted by molar-refractivity contribution is -0.277. The number of rotatable bonds is 9. The summed E-state index contributed by atoms with van der Waals surface area (Å²) in [5.41, 5.74) is 3.36. The molecule has 0 spiro atoms. The molecule has 7 nitrogen and oxygen atoms in total. The van der Waals surface area contributed by atoms with Crippen molar-refractivity contribution in [3.8, 4) is 11.5 Å². The van der Waals surface area contributed by atoms with Gasteiger partial charge in [-0.2, -0.15) is 0 Å². The van der Waals surface area contributed by atoms with Gasteiger partial charge in [0, 0.05) is 12.8 Å². The van der Waals surface area contributed by atoms with E-state index in [-0.39, 0.29) is 52.0 Å². The highest BCUT2D eigenvalue weighted by molar-refractivity contribution is 5.73. The number of aromatic hydroxyl groups is 2. The zero-order chi connectivity index (χ0) is 40.0. The smallest absolute Gasteiger partial charge is 0.325 e. The minimum absolute atomic E-state index is 0.197. The molecule has 2 aromatic rings. The van der Waals surface area contributed by atoms with E-state index in [1.54, 1.807) is 5.06 Å². The van der Waals surface area contributed by atoms with Crippen molar-refractivity contribution in [1.82, 2.24) is 5.06 Å². The zero-order valence-corrected chi connectivity index (χ0v) is 35.7. The van der Waals surface area contributed by atoms with Crippen LogP contribution in [0.3, 0.4) is 0 Å². The Balaban J connectivity index is 1.74. The molecule has 7 heteroatoms. The number of hydrogen-bond acceptors (Lipinski definition) is 7. The third-order valence-electron chi connectivity index (χ3n) is 10.5. The topological polar surface area (TPSA) is 96.3 Å². The van der Waals surface area contributed by atoms with Crippen molar-refractivity contribution in [1.29, 1.82) is 0 Å². The number of aryl methyl sites for hydroxylation is 1. The first kappa shape index (κ1) is 43.3. The fourth-order valence-corrected chi connectivity index (χ4v) is 7.77. The molecule has 292 valence electrons. The molecular formula is C45H71NO6. The van der Waals surface area contributed by atoms with Crippen molar-refractivity contribution in [3.63, 3.8) is 0 Å². The second-order valence-corrected chi connectivity index (χ2v) is 20.7. The van der Waals surface area contributed by atoms with E-state index in [9.17, 15) is 19.8 Å². The normalized spacial score (nSPS) is 17.9. The molecule has 0 amide bonds. The van der Waals surface area contributed by atoms with Crippen LogP contribution in [0.15, 0.2) is 24.3 Å². The second kappa shape index (κ2) is 15.0. The average molecular weight is 722 g/mol. The molecule has 0 aromatic heterocycles. The Labute approximate surface area is 315 Å². The molecule has 1 atom stereocenters. The fourth-order valence-electron chi connectivity index (χ4n) is 7.77. The summed E-state index contributed by atoms with van der Waals surface area (Å²) in [5, 5.41) is 24.1. The number of nitrogens with zero attached hydrogens (tertiary/aromatic N) is 1. The fraction of sp³-hybridized carbons (Fsp3) is 0.689. The Bertz CT molecular complexity index is 1520. The molecule has 1 saturated heterocycles. The first-order chi connectivity index (χ1) is 23.4. The lowest BCUT2D eigenvalue weighted by Gasteiger charge is -2.52. The van der Waals surface area contributed by atoms with Gasteiger partial charge in [-0.25, -0.2) is 0 Å². The SMILES string of the molecule is CCC(Cc1cc(C(C)(C)C)c(O)c(C(C)(C)C)c1)C(=O)OC1CC(C)(C)N(OC(=O)CCc2cc(C(C)(C)C)c(O)c(C(C)(C)C)c2)C(C)(C)C1. The molecule has 0 radical (unpaired) electrons. The molecule has 3 rings (SSSR count). The van der Waals surface area contributed by atoms with E-state index >= 15 is 0 Å². The summed E-state index contributed by atoms with van der Waals surface area (Å²) in [5.74, 6) is -0.201. The molecule has 1 aliphatic rings. The van der Waals surface area contributed by atoms with E-state index in [4.69, 9.17) is 9.57 Å². The minimum Gasteiger partial charge on any atom is -0.507 e. The van der Waals surface area contributed by atoms with Crippen LogP contribution in [0.1, 0.15) is 177 Å². The maximum Gasteiger partial charge on any atom is 0.325 e. The number of hydrogen-bond donors (Lipinski definition) is 2. The van der Waals surface area contributed by atoms with Crippen molar-refractivity contribution in [2.75, 3.05) is 0 Å². The Morgan fingerprint density at radius 3 is 1.42 bits per heavy atom. The summed E-state index contributed by atoms with van der Waals surface area (Å²) in [6.45, 7) is 35.2. The summed E-state index contributed by atoms with van der Waals surface area (Å²) in [6, 6.07) is 8.13. The number of ether oxygens (including phenoxy) is 1. The molecular weight excluding hydrogens is 650 g/mol. The number of esters is 1. The Morgan fingerprint density at radius 1 is 0.712 bits per heavy atom. The standard InChI is InChI=1S/C45H71NO6/c1-18-30(21-29-24-34(42(8,9)10)38(49)35(25-29)43(11,12)13)39(50)51-31-26-44(14,15)46(45(16,17)27-31)52-36(47)20-19-28-22-32(40(2,3)4)37(48)33(23-28)41(5,6)7/h22-25,30-31,48-49H,18-21,26-27H2,1-17H3. The molecule has 0 aliphatic carbocycles. The molecule has 1 aliphatic heterocycles. The number of carbonyl (C=O) groups is 2. The van der Waals surface area contributed by atoms with Gasteiger partial charge < -0.3 is 19.8 Å². The largest absolute Gasteiger partial charge is 0.507 e. The van der Waals surface area contributed by atoms with Crippen molar-refractivity contribution < 1.29 is 29.4 Å². The maximum atomic E-state index is 13.8. The van der Waals surface area contributed by atoms with E-state index in [1.807, 2.05) is 58.9 Å². The lowest BCUT2D eigenvalue weighted by Crippen LogP contribution is -2.62. The van der Waals surface area contributed by atoms with E-state index in [1.165, 1.54) is 0 Å². The third-order valence-corrected chi connectivity index (χ3v) is 10.5. The van der Waals surface area contributed by atoms with Crippen LogP contribution >= 0.6 is 0 Å². The Hall–Kier alpha value is -3.06. The van der Waals surface area contributed by atoms with Crippen LogP contribution in [0.4, 0.5) is 0 Å². The van der Waals surface area contributed by atoms with Crippen LogP contribution in [0.5, 0.6) is 11.5 Å². The maximum absolute atomic E-state index is 13.8. The van der Waals surface area contributed by atoms with Gasteiger partial charge in [0.15, 0.2) is 0 Å². The highest BCUT2D eigenvalue weighted by atomic mass is 16.7. The van der Waals surface area contributed by atoms with Crippen molar-refractivity contribution in [3.05, 3.63) is 57.6 Å². The minimum atomic E-state index is -0.582. The first-order valence-corrected chi connectivity index (χ1v) is 19.3. The van der Waals surface area contributed by atoms with E-state index in [0.29, 0.717) is 43.6 Å². The molecule has 1 unspecified atom stereocenters. The highest BCUT2D eigenvalue weighted by Gasteiger charge is 2.49. The van der Waals surface area contributed by atoms with Gasteiger partial charge in [-0.3, -0.25) is 9.59 Å². The quantitative estimate of drug-likeness (QED) is 0.249. The number of benzene rings is 2. The van der Waals surface area contributed by atoms with Crippen LogP contribution in [0.2, 0.25) is 0 Å². The van der Waals surface area contributed by atoms with Crippen molar-refractivity contribution in [2.24, 2.45) is 5.92 Å². The Kier molecular flexibility index (Phi) is 12.5. The molecule has 1 fully saturated rings. The Morgan fingerprint density at radius 2 is 1.08 bits per heavy atom. The number of phenols is 2. The molecule has 2 aromatic carbocycles. The summed E-state index contributed by atoms with van der Waals surface area (Å²) in [7, 11) is 0. The van der Waals surface area contributed by atoms with E-state index in [2.05, 4.69) is 83.1 Å². The molecule has 0 saturated carbocycles. The van der Waals surface area contributed by atoms with Gasteiger partial charge in [-0.15, -0.1) is 5.06 Å². The number of hydroxylamine groups is 2. The van der Waals surface area contributed by atoms with Crippen LogP contribution in [-0.4, -0.2) is 44.4 Å². The van der Waals surface area contributed by atoms with Gasteiger partial charge in [0.05, 0.1) is 23.4 Å². The highest BCUT2D eigenvalue weighted by Crippen LogP contribution is 2.43. The molecule has 0 bridgehead atoms. The van der Waals surface area contributed by atoms with Crippen LogP contribution < -0.4 is 0 Å². The van der Waals surface area contributed by atoms with E-state index in [0.717, 1.165) is 33.4 Å². The second-order valence-electron chi connectivity index (χ2n) is 20.7. The predicted molar refractivity (Wildman–Crippen MR) is 212 cm³/mol. The van der Waals surface area contributed by atoms with E-state index < -0.39 is 11.1 Å². The van der Waals surface area contributed by atoms with Gasteiger partial charge in [0.25, 0.3) is 0 Å². The monoisotopic (exact) mass is 722 g/mol. The number of carbonyl (C=O) groups excluding carboxylic acids is 2. The third kappa shape index (κ3) is 10.3. The van der Waals surface area contributed by atoms with Gasteiger partial charge >= 0.3 is 11.9 Å². The lowest BCUT2D eigenvalue weighted by atomic mass is 9.77. The zero-order valence-electron chi connectivity index (χ0n) is 35.7. The number of piperidine rings is 1. The average Bonchev–Trinajstić information content (AvgIpc) is 2.94. The van der Waals surface area contributed by atoms with Crippen LogP contribution in [-0.2, 0) is 53.7 Å². The number of phenolic OH excluding ortho intramolecular Hbond substituents is 2. The summed E-state index contributed by atoms with van der Waals surface area (Å²) >= 11 is 0. The van der Waals surface area contributed by atoms with Gasteiger partial charge in [0.1, 0.15) is 17.6 Å². The predicted octanol–water partition coefficient (Wildman–Crippen LogP) is 10.5. The van der Waals surface area contributed by atoms with Crippen LogP contribution in [0.25, 0.3) is 0 Å². The van der Waals surface area contributed by atoms with Gasteiger partial charge in [-0.05, 0) is 102 Å². The van der Waals surface area contributed by atoms with Crippen LogP contribution in [0, 0.1) is 5.92 Å². The summed E-state index contributed by atoms with van der Waals surface area (Å²) in [6.07, 6.45) is 2.57. The van der Waals surface area contributed by atoms with Gasteiger partial charge in [0.2, 0.25) is 0 Å².